The van der Waals surface area contributed by atoms with Crippen LogP contribution < -0.4 is 5.56 Å². The maximum atomic E-state index is 12.5. The molecule has 0 bridgehead atoms. The van der Waals surface area contributed by atoms with E-state index in [1.807, 2.05) is 29.8 Å². The van der Waals surface area contributed by atoms with Gasteiger partial charge in [-0.15, -0.1) is 0 Å². The second-order valence-electron chi connectivity index (χ2n) is 5.85. The van der Waals surface area contributed by atoms with E-state index in [1.54, 1.807) is 4.57 Å². The zero-order valence-electron chi connectivity index (χ0n) is 11.8. The molecule has 1 aromatic carbocycles. The summed E-state index contributed by atoms with van der Waals surface area (Å²) in [5.41, 5.74) is 2.89. The molecule has 4 nitrogen and oxygen atoms in total. The van der Waals surface area contributed by atoms with Crippen molar-refractivity contribution in [1.82, 2.24) is 14.2 Å². The molecule has 5 heteroatoms. The van der Waals surface area contributed by atoms with Crippen LogP contribution in [0.25, 0.3) is 16.6 Å². The Balaban J connectivity index is 2.08. The van der Waals surface area contributed by atoms with Crippen LogP contribution in [-0.4, -0.2) is 14.2 Å². The van der Waals surface area contributed by atoms with E-state index in [9.17, 15) is 4.79 Å². The van der Waals surface area contributed by atoms with Crippen molar-refractivity contribution in [2.75, 3.05) is 0 Å². The van der Waals surface area contributed by atoms with Crippen LogP contribution in [0, 0.1) is 0 Å². The molecule has 0 amide bonds. The van der Waals surface area contributed by atoms with Crippen LogP contribution in [0.1, 0.15) is 37.3 Å². The van der Waals surface area contributed by atoms with Crippen LogP contribution in [-0.2, 0) is 7.05 Å². The number of hydrogen-bond acceptors (Lipinski definition) is 2. The molecule has 0 spiro atoms. The molecule has 0 aliphatic heterocycles. The summed E-state index contributed by atoms with van der Waals surface area (Å²) in [7, 11) is 1.82. The lowest BCUT2D eigenvalue weighted by Gasteiger charge is -2.06. The van der Waals surface area contributed by atoms with Gasteiger partial charge in [0.25, 0.3) is 5.56 Å². The summed E-state index contributed by atoms with van der Waals surface area (Å²) in [6.07, 6.45) is 4.98. The maximum absolute atomic E-state index is 12.5. The summed E-state index contributed by atoms with van der Waals surface area (Å²) < 4.78 is 4.57. The first-order valence-corrected chi connectivity index (χ1v) is 8.12. The maximum Gasteiger partial charge on any atom is 0.261 e. The number of hydrogen-bond donors (Lipinski definition) is 0. The average Bonchev–Trinajstić information content (AvgIpc) is 3.13. The highest BCUT2D eigenvalue weighted by Crippen LogP contribution is 2.34. The largest absolute Gasteiger partial charge is 0.296 e. The molecule has 1 saturated carbocycles. The van der Waals surface area contributed by atoms with Crippen LogP contribution >= 0.6 is 15.9 Å². The molecule has 0 saturated heterocycles. The van der Waals surface area contributed by atoms with Gasteiger partial charge in [-0.1, -0.05) is 28.8 Å². The van der Waals surface area contributed by atoms with Crippen molar-refractivity contribution in [3.63, 3.8) is 0 Å². The van der Waals surface area contributed by atoms with Gasteiger partial charge in [0, 0.05) is 23.5 Å². The number of aromatic nitrogens is 3. The first-order chi connectivity index (χ1) is 10.1. The standard InChI is InChI=1S/C16H16BrN3O/c1-19-15-9-13(10-4-2-3-5-10)18-20(15)14-8-11(17)6-7-12(14)16(19)21/h6-10H,2-5H2,1H3. The molecule has 3 aromatic rings. The normalized spacial score (nSPS) is 16.3. The Bertz CT molecular complexity index is 903. The molecule has 1 fully saturated rings. The molecule has 0 N–H and O–H groups in total. The number of rotatable bonds is 1. The summed E-state index contributed by atoms with van der Waals surface area (Å²) in [5.74, 6) is 0.544. The fourth-order valence-corrected chi connectivity index (χ4v) is 3.72. The monoisotopic (exact) mass is 345 g/mol. The van der Waals surface area contributed by atoms with Gasteiger partial charge in [-0.2, -0.15) is 5.10 Å². The highest BCUT2D eigenvalue weighted by molar-refractivity contribution is 9.10. The first-order valence-electron chi connectivity index (χ1n) is 7.33. The smallest absolute Gasteiger partial charge is 0.261 e. The molecule has 1 aliphatic carbocycles. The lowest BCUT2D eigenvalue weighted by molar-refractivity contribution is 0.686. The molecule has 0 atom stereocenters. The van der Waals surface area contributed by atoms with Gasteiger partial charge in [-0.25, -0.2) is 4.52 Å². The number of fused-ring (bicyclic) bond motifs is 3. The Kier molecular flexibility index (Phi) is 2.92. The third-order valence-electron chi connectivity index (χ3n) is 4.55. The zero-order chi connectivity index (χ0) is 14.6. The van der Waals surface area contributed by atoms with E-state index in [4.69, 9.17) is 5.10 Å². The molecule has 2 heterocycles. The summed E-state index contributed by atoms with van der Waals surface area (Å²) in [6, 6.07) is 7.81. The van der Waals surface area contributed by atoms with Gasteiger partial charge in [0.1, 0.15) is 5.65 Å². The van der Waals surface area contributed by atoms with Crippen molar-refractivity contribution in [2.45, 2.75) is 31.6 Å². The lowest BCUT2D eigenvalue weighted by atomic mass is 10.1. The molecule has 21 heavy (non-hydrogen) atoms. The summed E-state index contributed by atoms with van der Waals surface area (Å²) in [4.78, 5) is 12.5. The predicted molar refractivity (Wildman–Crippen MR) is 86.8 cm³/mol. The summed E-state index contributed by atoms with van der Waals surface area (Å²) in [5, 5.41) is 5.51. The van der Waals surface area contributed by atoms with Gasteiger partial charge in [-0.05, 0) is 31.0 Å². The van der Waals surface area contributed by atoms with E-state index in [-0.39, 0.29) is 5.56 Å². The van der Waals surface area contributed by atoms with Gasteiger partial charge >= 0.3 is 0 Å². The van der Waals surface area contributed by atoms with E-state index in [2.05, 4.69) is 22.0 Å². The van der Waals surface area contributed by atoms with E-state index >= 15 is 0 Å². The highest BCUT2D eigenvalue weighted by atomic mass is 79.9. The molecule has 108 valence electrons. The van der Waals surface area contributed by atoms with Gasteiger partial charge < -0.3 is 0 Å². The Labute approximate surface area is 130 Å². The van der Waals surface area contributed by atoms with Crippen LogP contribution in [0.2, 0.25) is 0 Å². The zero-order valence-corrected chi connectivity index (χ0v) is 13.4. The topological polar surface area (TPSA) is 39.3 Å². The predicted octanol–water partition coefficient (Wildman–Crippen LogP) is 3.61. The molecular formula is C16H16BrN3O. The lowest BCUT2D eigenvalue weighted by Crippen LogP contribution is -2.19. The highest BCUT2D eigenvalue weighted by Gasteiger charge is 2.21. The number of benzene rings is 1. The third-order valence-corrected chi connectivity index (χ3v) is 5.04. The quantitative estimate of drug-likeness (QED) is 0.675. The minimum Gasteiger partial charge on any atom is -0.296 e. The minimum atomic E-state index is 0.0304. The Morgan fingerprint density at radius 1 is 1.24 bits per heavy atom. The average molecular weight is 346 g/mol. The van der Waals surface area contributed by atoms with Crippen molar-refractivity contribution in [3.05, 3.63) is 44.8 Å². The van der Waals surface area contributed by atoms with Gasteiger partial charge in [0.15, 0.2) is 0 Å². The van der Waals surface area contributed by atoms with Gasteiger partial charge in [0.2, 0.25) is 0 Å². The van der Waals surface area contributed by atoms with Crippen molar-refractivity contribution in [2.24, 2.45) is 7.05 Å². The molecule has 1 aliphatic rings. The van der Waals surface area contributed by atoms with Crippen LogP contribution in [0.4, 0.5) is 0 Å². The second-order valence-corrected chi connectivity index (χ2v) is 6.76. The van der Waals surface area contributed by atoms with Crippen molar-refractivity contribution in [3.8, 4) is 0 Å². The molecule has 2 aromatic heterocycles. The third kappa shape index (κ3) is 1.94. The van der Waals surface area contributed by atoms with E-state index < -0.39 is 0 Å². The Hall–Kier alpha value is -1.62. The fraction of sp³-hybridized carbons (Fsp3) is 0.375. The van der Waals surface area contributed by atoms with Crippen LogP contribution in [0.15, 0.2) is 33.5 Å². The number of halogens is 1. The molecule has 4 rings (SSSR count). The van der Waals surface area contributed by atoms with Gasteiger partial charge in [0.05, 0.1) is 16.6 Å². The van der Waals surface area contributed by atoms with Crippen molar-refractivity contribution < 1.29 is 0 Å². The number of aryl methyl sites for hydroxylation is 1. The Morgan fingerprint density at radius 2 is 2.00 bits per heavy atom. The number of nitrogens with zero attached hydrogens (tertiary/aromatic N) is 3. The Morgan fingerprint density at radius 3 is 2.76 bits per heavy atom. The van der Waals surface area contributed by atoms with E-state index in [0.29, 0.717) is 11.3 Å². The summed E-state index contributed by atoms with van der Waals surface area (Å²) >= 11 is 3.48. The molecular weight excluding hydrogens is 330 g/mol. The molecule has 0 unspecified atom stereocenters. The SMILES string of the molecule is Cn1c(=O)c2ccc(Br)cc2n2nc(C3CCCC3)cc12. The van der Waals surface area contributed by atoms with Crippen molar-refractivity contribution in [1.29, 1.82) is 0 Å². The summed E-state index contributed by atoms with van der Waals surface area (Å²) in [6.45, 7) is 0. The fourth-order valence-electron chi connectivity index (χ4n) is 3.37. The molecule has 0 radical (unpaired) electrons. The van der Waals surface area contributed by atoms with E-state index in [0.717, 1.165) is 21.3 Å². The minimum absolute atomic E-state index is 0.0304. The van der Waals surface area contributed by atoms with Gasteiger partial charge in [-0.3, -0.25) is 9.36 Å². The second kappa shape index (κ2) is 4.70. The van der Waals surface area contributed by atoms with Crippen molar-refractivity contribution >= 4 is 32.5 Å². The van der Waals surface area contributed by atoms with Crippen LogP contribution in [0.3, 0.4) is 0 Å². The van der Waals surface area contributed by atoms with E-state index in [1.165, 1.54) is 25.7 Å². The van der Waals surface area contributed by atoms with Crippen LogP contribution in [0.5, 0.6) is 0 Å². The first kappa shape index (κ1) is 13.1.